The highest BCUT2D eigenvalue weighted by Gasteiger charge is 2.30. The van der Waals surface area contributed by atoms with Crippen molar-refractivity contribution < 1.29 is 14.3 Å². The maximum atomic E-state index is 12.7. The van der Waals surface area contributed by atoms with E-state index in [9.17, 15) is 9.59 Å². The molecule has 0 saturated carbocycles. The van der Waals surface area contributed by atoms with Gasteiger partial charge in [-0.2, -0.15) is 0 Å². The average molecular weight is 366 g/mol. The van der Waals surface area contributed by atoms with Gasteiger partial charge < -0.3 is 15.0 Å². The highest BCUT2D eigenvalue weighted by molar-refractivity contribution is 5.98. The van der Waals surface area contributed by atoms with Crippen molar-refractivity contribution in [3.8, 4) is 5.88 Å². The van der Waals surface area contributed by atoms with Crippen LogP contribution >= 0.6 is 0 Å². The summed E-state index contributed by atoms with van der Waals surface area (Å²) in [5.41, 5.74) is 4.15. The van der Waals surface area contributed by atoms with E-state index < -0.39 is 0 Å². The van der Waals surface area contributed by atoms with Crippen molar-refractivity contribution in [2.45, 2.75) is 32.6 Å². The Morgan fingerprint density at radius 1 is 1.41 bits per heavy atom. The summed E-state index contributed by atoms with van der Waals surface area (Å²) in [5.74, 6) is 0.310. The summed E-state index contributed by atoms with van der Waals surface area (Å²) in [6, 6.07) is 9.31. The molecule has 1 aromatic heterocycles. The second-order valence-electron chi connectivity index (χ2n) is 6.70. The molecule has 0 bridgehead atoms. The predicted octanol–water partition coefficient (Wildman–Crippen LogP) is 1.53. The molecular formula is C20H22N4O3. The van der Waals surface area contributed by atoms with Gasteiger partial charge in [0.25, 0.3) is 5.91 Å². The van der Waals surface area contributed by atoms with E-state index in [0.717, 1.165) is 16.8 Å². The van der Waals surface area contributed by atoms with E-state index >= 15 is 0 Å². The Bertz CT molecular complexity index is 912. The number of rotatable bonds is 5. The molecule has 0 fully saturated rings. The van der Waals surface area contributed by atoms with Gasteiger partial charge >= 0.3 is 0 Å². The summed E-state index contributed by atoms with van der Waals surface area (Å²) in [6.07, 6.45) is 0. The van der Waals surface area contributed by atoms with Crippen molar-refractivity contribution in [1.82, 2.24) is 20.5 Å². The third-order valence-electron chi connectivity index (χ3n) is 5.15. The smallest absolute Gasteiger partial charge is 0.256 e. The third kappa shape index (κ3) is 3.04. The van der Waals surface area contributed by atoms with Crippen LogP contribution in [-0.4, -0.2) is 35.4 Å². The number of ether oxygens (including phenoxy) is 1. The molecule has 7 nitrogen and oxygen atoms in total. The van der Waals surface area contributed by atoms with E-state index in [1.54, 1.807) is 18.1 Å². The number of methoxy groups -OCH3 is 1. The molecule has 1 aromatic carbocycles. The van der Waals surface area contributed by atoms with Crippen LogP contribution < -0.4 is 15.4 Å². The number of carbonyl (C=O) groups is 2. The van der Waals surface area contributed by atoms with Crippen LogP contribution in [0, 0.1) is 0 Å². The van der Waals surface area contributed by atoms with Gasteiger partial charge in [0.1, 0.15) is 6.04 Å². The standard InChI is InChI=1S/C20H22N4O3/c1-3-24-11-16-15(20(24)26)8-13(19(23-16)27-2)10-22-18(25)17-14-7-5-4-6-12(14)9-21-17/h4-8,17,21H,3,9-11H2,1-2H3,(H,22,25). The fourth-order valence-corrected chi connectivity index (χ4v) is 3.68. The van der Waals surface area contributed by atoms with Gasteiger partial charge in [-0.1, -0.05) is 24.3 Å². The maximum absolute atomic E-state index is 12.7. The van der Waals surface area contributed by atoms with Crippen LogP contribution in [0.1, 0.15) is 45.7 Å². The number of nitrogens with zero attached hydrogens (tertiary/aromatic N) is 2. The molecule has 0 spiro atoms. The molecule has 1 atom stereocenters. The first-order valence-electron chi connectivity index (χ1n) is 9.07. The largest absolute Gasteiger partial charge is 0.481 e. The molecule has 0 aliphatic carbocycles. The summed E-state index contributed by atoms with van der Waals surface area (Å²) in [7, 11) is 1.54. The summed E-state index contributed by atoms with van der Waals surface area (Å²) in [6.45, 7) is 4.00. The monoisotopic (exact) mass is 366 g/mol. The Balaban J connectivity index is 1.51. The minimum absolute atomic E-state index is 0.0263. The SMILES string of the molecule is CCN1Cc2nc(OC)c(CNC(=O)C3NCc4ccccc43)cc2C1=O. The molecule has 27 heavy (non-hydrogen) atoms. The zero-order chi connectivity index (χ0) is 19.0. The van der Waals surface area contributed by atoms with E-state index in [4.69, 9.17) is 4.74 Å². The fourth-order valence-electron chi connectivity index (χ4n) is 3.68. The lowest BCUT2D eigenvalue weighted by molar-refractivity contribution is -0.123. The van der Waals surface area contributed by atoms with Gasteiger partial charge in [-0.3, -0.25) is 14.9 Å². The van der Waals surface area contributed by atoms with E-state index in [-0.39, 0.29) is 24.4 Å². The Hall–Kier alpha value is -2.93. The number of pyridine rings is 1. The molecule has 2 N–H and O–H groups in total. The number of aromatic nitrogens is 1. The van der Waals surface area contributed by atoms with Gasteiger partial charge in [-0.05, 0) is 24.1 Å². The van der Waals surface area contributed by atoms with Crippen molar-refractivity contribution in [1.29, 1.82) is 0 Å². The number of hydrogen-bond donors (Lipinski definition) is 2. The second kappa shape index (κ2) is 7.00. The Morgan fingerprint density at radius 2 is 2.22 bits per heavy atom. The van der Waals surface area contributed by atoms with E-state index in [0.29, 0.717) is 36.6 Å². The van der Waals surface area contributed by atoms with Crippen LogP contribution in [0.25, 0.3) is 0 Å². The van der Waals surface area contributed by atoms with Gasteiger partial charge in [0.15, 0.2) is 0 Å². The van der Waals surface area contributed by atoms with Gasteiger partial charge in [-0.25, -0.2) is 4.98 Å². The van der Waals surface area contributed by atoms with Crippen LogP contribution in [0.2, 0.25) is 0 Å². The molecule has 2 aliphatic heterocycles. The van der Waals surface area contributed by atoms with Crippen LogP contribution in [-0.2, 0) is 24.4 Å². The molecule has 140 valence electrons. The summed E-state index contributed by atoms with van der Waals surface area (Å²) < 4.78 is 5.38. The first kappa shape index (κ1) is 17.5. The van der Waals surface area contributed by atoms with E-state index in [1.165, 1.54) is 0 Å². The van der Waals surface area contributed by atoms with Crippen molar-refractivity contribution in [2.24, 2.45) is 0 Å². The summed E-state index contributed by atoms with van der Waals surface area (Å²) in [5, 5.41) is 6.17. The van der Waals surface area contributed by atoms with Gasteiger partial charge in [0, 0.05) is 25.2 Å². The van der Waals surface area contributed by atoms with E-state index in [2.05, 4.69) is 15.6 Å². The average Bonchev–Trinajstić information content (AvgIpc) is 3.26. The zero-order valence-corrected chi connectivity index (χ0v) is 15.4. The Morgan fingerprint density at radius 3 is 3.00 bits per heavy atom. The number of fused-ring (bicyclic) bond motifs is 2. The number of carbonyl (C=O) groups excluding carboxylic acids is 2. The predicted molar refractivity (Wildman–Crippen MR) is 99.1 cm³/mol. The second-order valence-corrected chi connectivity index (χ2v) is 6.70. The Kier molecular flexibility index (Phi) is 4.53. The van der Waals surface area contributed by atoms with Gasteiger partial charge in [0.2, 0.25) is 11.8 Å². The molecule has 3 heterocycles. The molecule has 0 radical (unpaired) electrons. The lowest BCUT2D eigenvalue weighted by Crippen LogP contribution is -2.33. The quantitative estimate of drug-likeness (QED) is 0.838. The molecule has 2 amide bonds. The number of amides is 2. The highest BCUT2D eigenvalue weighted by atomic mass is 16.5. The fraction of sp³-hybridized carbons (Fsp3) is 0.350. The highest BCUT2D eigenvalue weighted by Crippen LogP contribution is 2.28. The van der Waals surface area contributed by atoms with Crippen molar-refractivity contribution >= 4 is 11.8 Å². The zero-order valence-electron chi connectivity index (χ0n) is 15.4. The van der Waals surface area contributed by atoms with Crippen LogP contribution in [0.3, 0.4) is 0 Å². The van der Waals surface area contributed by atoms with Crippen molar-refractivity contribution in [3.63, 3.8) is 0 Å². The summed E-state index contributed by atoms with van der Waals surface area (Å²) >= 11 is 0. The molecule has 1 unspecified atom stereocenters. The first-order valence-corrected chi connectivity index (χ1v) is 9.07. The van der Waals surface area contributed by atoms with Gasteiger partial charge in [0.05, 0.1) is 24.9 Å². The molecule has 2 aromatic rings. The molecule has 0 saturated heterocycles. The number of hydrogen-bond acceptors (Lipinski definition) is 5. The Labute approximate surface area is 157 Å². The normalized spacial score (nSPS) is 17.6. The number of benzene rings is 1. The third-order valence-corrected chi connectivity index (χ3v) is 5.15. The minimum atomic E-state index is -0.369. The lowest BCUT2D eigenvalue weighted by Gasteiger charge is -2.14. The minimum Gasteiger partial charge on any atom is -0.481 e. The molecule has 4 rings (SSSR count). The topological polar surface area (TPSA) is 83.6 Å². The molecular weight excluding hydrogens is 344 g/mol. The van der Waals surface area contributed by atoms with Crippen molar-refractivity contribution in [3.05, 3.63) is 58.3 Å². The lowest BCUT2D eigenvalue weighted by atomic mass is 10.0. The van der Waals surface area contributed by atoms with E-state index in [1.807, 2.05) is 31.2 Å². The molecule has 2 aliphatic rings. The van der Waals surface area contributed by atoms with Crippen LogP contribution in [0.5, 0.6) is 5.88 Å². The summed E-state index contributed by atoms with van der Waals surface area (Å²) in [4.78, 5) is 31.3. The number of nitrogens with one attached hydrogen (secondary N) is 2. The van der Waals surface area contributed by atoms with Gasteiger partial charge in [-0.15, -0.1) is 0 Å². The van der Waals surface area contributed by atoms with Crippen LogP contribution in [0.4, 0.5) is 0 Å². The van der Waals surface area contributed by atoms with Crippen molar-refractivity contribution in [2.75, 3.05) is 13.7 Å². The van der Waals surface area contributed by atoms with Crippen LogP contribution in [0.15, 0.2) is 30.3 Å². The first-order chi connectivity index (χ1) is 13.1. The maximum Gasteiger partial charge on any atom is 0.256 e. The molecule has 7 heteroatoms.